The van der Waals surface area contributed by atoms with Crippen molar-refractivity contribution in [1.29, 1.82) is 0 Å². The third kappa shape index (κ3) is 1.09. The Hall–Kier alpha value is -0.860. The highest BCUT2D eigenvalue weighted by molar-refractivity contribution is 6.05. The van der Waals surface area contributed by atoms with E-state index in [1.54, 1.807) is 7.05 Å². The van der Waals surface area contributed by atoms with E-state index in [1.807, 2.05) is 6.92 Å². The summed E-state index contributed by atoms with van der Waals surface area (Å²) in [7, 11) is 1.69. The summed E-state index contributed by atoms with van der Waals surface area (Å²) >= 11 is 0. The molecule has 0 aromatic rings. The molecule has 1 N–H and O–H groups in total. The van der Waals surface area contributed by atoms with Gasteiger partial charge in [0.1, 0.15) is 5.84 Å². The Morgan fingerprint density at radius 2 is 2.44 bits per heavy atom. The molecule has 0 spiro atoms. The van der Waals surface area contributed by atoms with Gasteiger partial charge in [-0.05, 0) is 0 Å². The molecule has 3 heteroatoms. The normalized spacial score (nSPS) is 31.1. The summed E-state index contributed by atoms with van der Waals surface area (Å²) in [4.78, 5) is 14.6. The minimum Gasteiger partial charge on any atom is -0.314 e. The summed E-state index contributed by atoms with van der Waals surface area (Å²) in [5.41, 5.74) is 0. The molecule has 1 fully saturated rings. The van der Waals surface area contributed by atoms with Crippen molar-refractivity contribution >= 4 is 11.7 Å². The van der Waals surface area contributed by atoms with Crippen molar-refractivity contribution in [3.63, 3.8) is 0 Å². The molecule has 1 aliphatic rings. The molecule has 1 aliphatic heterocycles. The zero-order valence-corrected chi connectivity index (χ0v) is 5.64. The second-order valence-corrected chi connectivity index (χ2v) is 2.26. The predicted octanol–water partition coefficient (Wildman–Crippen LogP) is 0.171. The Morgan fingerprint density at radius 3 is 2.67 bits per heavy atom. The van der Waals surface area contributed by atoms with Crippen molar-refractivity contribution in [3.8, 4) is 0 Å². The molecule has 0 aromatic heterocycles. The van der Waals surface area contributed by atoms with Crippen LogP contribution in [0.2, 0.25) is 0 Å². The van der Waals surface area contributed by atoms with Gasteiger partial charge in [-0.25, -0.2) is 0 Å². The lowest BCUT2D eigenvalue weighted by Crippen LogP contribution is -2.21. The van der Waals surface area contributed by atoms with Crippen LogP contribution in [0.4, 0.5) is 0 Å². The standard InChI is InChI=1S/C6H10N2O/c1-4-3-5(7-2)8-6(4)9/h4H,3H2,1-2H3,(H,7,8,9). The zero-order valence-electron chi connectivity index (χ0n) is 5.64. The molecule has 0 aliphatic carbocycles. The number of carbonyl (C=O) groups excluding carboxylic acids is 1. The molecule has 1 heterocycles. The van der Waals surface area contributed by atoms with E-state index in [-0.39, 0.29) is 11.8 Å². The molecule has 0 radical (unpaired) electrons. The van der Waals surface area contributed by atoms with Crippen molar-refractivity contribution in [2.45, 2.75) is 13.3 Å². The van der Waals surface area contributed by atoms with Crippen LogP contribution < -0.4 is 5.32 Å². The highest BCUT2D eigenvalue weighted by atomic mass is 16.2. The van der Waals surface area contributed by atoms with Crippen molar-refractivity contribution in [1.82, 2.24) is 5.32 Å². The molecule has 1 atom stereocenters. The van der Waals surface area contributed by atoms with Gasteiger partial charge >= 0.3 is 0 Å². The average molecular weight is 126 g/mol. The molecule has 0 saturated carbocycles. The molecule has 0 aromatic carbocycles. The van der Waals surface area contributed by atoms with Gasteiger partial charge in [0, 0.05) is 19.4 Å². The number of rotatable bonds is 0. The maximum Gasteiger partial charge on any atom is 0.228 e. The number of amidine groups is 1. The van der Waals surface area contributed by atoms with Crippen LogP contribution >= 0.6 is 0 Å². The van der Waals surface area contributed by atoms with E-state index in [0.717, 1.165) is 12.3 Å². The number of amides is 1. The predicted molar refractivity (Wildman–Crippen MR) is 35.3 cm³/mol. The molecule has 9 heavy (non-hydrogen) atoms. The first-order valence-electron chi connectivity index (χ1n) is 3.00. The molecule has 1 amide bonds. The number of carbonyl (C=O) groups is 1. The van der Waals surface area contributed by atoms with Crippen LogP contribution in [0.15, 0.2) is 4.99 Å². The van der Waals surface area contributed by atoms with Gasteiger partial charge in [0.2, 0.25) is 5.91 Å². The fourth-order valence-electron chi connectivity index (χ4n) is 0.846. The first-order valence-corrected chi connectivity index (χ1v) is 3.00. The van der Waals surface area contributed by atoms with Gasteiger partial charge in [0.15, 0.2) is 0 Å². The lowest BCUT2D eigenvalue weighted by molar-refractivity contribution is -0.121. The third-order valence-electron chi connectivity index (χ3n) is 1.48. The van der Waals surface area contributed by atoms with E-state index in [9.17, 15) is 4.79 Å². The van der Waals surface area contributed by atoms with Gasteiger partial charge in [-0.15, -0.1) is 0 Å². The van der Waals surface area contributed by atoms with Crippen LogP contribution in [0, 0.1) is 5.92 Å². The van der Waals surface area contributed by atoms with Gasteiger partial charge < -0.3 is 5.32 Å². The van der Waals surface area contributed by atoms with Gasteiger partial charge in [-0.3, -0.25) is 9.79 Å². The van der Waals surface area contributed by atoms with E-state index in [1.165, 1.54) is 0 Å². The monoisotopic (exact) mass is 126 g/mol. The van der Waals surface area contributed by atoms with Gasteiger partial charge in [0.05, 0.1) is 0 Å². The van der Waals surface area contributed by atoms with Crippen LogP contribution in [0.3, 0.4) is 0 Å². The topological polar surface area (TPSA) is 41.5 Å². The Morgan fingerprint density at radius 1 is 1.78 bits per heavy atom. The maximum atomic E-state index is 10.8. The van der Waals surface area contributed by atoms with Crippen LogP contribution in [0.5, 0.6) is 0 Å². The number of aliphatic imine (C=N–C) groups is 1. The smallest absolute Gasteiger partial charge is 0.228 e. The molecule has 1 saturated heterocycles. The molecule has 50 valence electrons. The molecule has 1 unspecified atom stereocenters. The minimum absolute atomic E-state index is 0.0931. The second kappa shape index (κ2) is 2.17. The number of hydrogen-bond acceptors (Lipinski definition) is 2. The van der Waals surface area contributed by atoms with Gasteiger partial charge in [-0.1, -0.05) is 6.92 Å². The highest BCUT2D eigenvalue weighted by Crippen LogP contribution is 2.08. The van der Waals surface area contributed by atoms with E-state index in [2.05, 4.69) is 10.3 Å². The van der Waals surface area contributed by atoms with Crippen molar-refractivity contribution in [2.75, 3.05) is 7.05 Å². The Labute approximate surface area is 54.2 Å². The largest absolute Gasteiger partial charge is 0.314 e. The summed E-state index contributed by atoms with van der Waals surface area (Å²) in [6.45, 7) is 1.90. The number of nitrogens with one attached hydrogen (secondary N) is 1. The van der Waals surface area contributed by atoms with Crippen LogP contribution in [-0.2, 0) is 4.79 Å². The van der Waals surface area contributed by atoms with Gasteiger partial charge in [0.25, 0.3) is 0 Å². The van der Waals surface area contributed by atoms with E-state index in [0.29, 0.717) is 0 Å². The second-order valence-electron chi connectivity index (χ2n) is 2.26. The lowest BCUT2D eigenvalue weighted by atomic mass is 10.1. The highest BCUT2D eigenvalue weighted by Gasteiger charge is 2.23. The molecule has 0 bridgehead atoms. The lowest BCUT2D eigenvalue weighted by Gasteiger charge is -1.89. The molecule has 1 rings (SSSR count). The van der Waals surface area contributed by atoms with Crippen molar-refractivity contribution in [2.24, 2.45) is 10.9 Å². The summed E-state index contributed by atoms with van der Waals surface area (Å²) < 4.78 is 0. The van der Waals surface area contributed by atoms with E-state index >= 15 is 0 Å². The maximum absolute atomic E-state index is 10.8. The number of hydrogen-bond donors (Lipinski definition) is 1. The van der Waals surface area contributed by atoms with Crippen LogP contribution in [-0.4, -0.2) is 18.8 Å². The molecular formula is C6H10N2O. The van der Waals surface area contributed by atoms with Crippen molar-refractivity contribution < 1.29 is 4.79 Å². The van der Waals surface area contributed by atoms with E-state index < -0.39 is 0 Å². The Bertz CT molecular complexity index is 162. The van der Waals surface area contributed by atoms with Gasteiger partial charge in [-0.2, -0.15) is 0 Å². The molecular weight excluding hydrogens is 116 g/mol. The Balaban J connectivity index is 2.65. The Kier molecular flexibility index (Phi) is 1.51. The summed E-state index contributed by atoms with van der Waals surface area (Å²) in [5.74, 6) is 1.02. The third-order valence-corrected chi connectivity index (χ3v) is 1.48. The average Bonchev–Trinajstić information content (AvgIpc) is 2.13. The number of nitrogens with zero attached hydrogens (tertiary/aromatic N) is 1. The summed E-state index contributed by atoms with van der Waals surface area (Å²) in [5, 5.41) is 2.66. The summed E-state index contributed by atoms with van der Waals surface area (Å²) in [6.07, 6.45) is 0.773. The fourth-order valence-corrected chi connectivity index (χ4v) is 0.846. The minimum atomic E-state index is 0.0931. The molecule has 3 nitrogen and oxygen atoms in total. The van der Waals surface area contributed by atoms with E-state index in [4.69, 9.17) is 0 Å². The first kappa shape index (κ1) is 6.26. The fraction of sp³-hybridized carbons (Fsp3) is 0.667. The SMILES string of the molecule is CN=C1CC(C)C(=O)N1. The summed E-state index contributed by atoms with van der Waals surface area (Å²) in [6, 6.07) is 0. The first-order chi connectivity index (χ1) is 4.24. The quantitative estimate of drug-likeness (QED) is 0.494. The van der Waals surface area contributed by atoms with Crippen LogP contribution in [0.1, 0.15) is 13.3 Å². The van der Waals surface area contributed by atoms with Crippen LogP contribution in [0.25, 0.3) is 0 Å². The van der Waals surface area contributed by atoms with Crippen molar-refractivity contribution in [3.05, 3.63) is 0 Å². The zero-order chi connectivity index (χ0) is 6.85.